The lowest BCUT2D eigenvalue weighted by Gasteiger charge is -2.28. The van der Waals surface area contributed by atoms with E-state index in [2.05, 4.69) is 17.6 Å². The zero-order valence-electron chi connectivity index (χ0n) is 13.1. The first-order valence-electron chi connectivity index (χ1n) is 7.78. The van der Waals surface area contributed by atoms with E-state index >= 15 is 0 Å². The molecule has 1 fully saturated rings. The molecule has 1 amide bonds. The highest BCUT2D eigenvalue weighted by Gasteiger charge is 2.25. The van der Waals surface area contributed by atoms with Gasteiger partial charge in [0.25, 0.3) is 0 Å². The first-order valence-corrected chi connectivity index (χ1v) is 7.78. The average Bonchev–Trinajstić information content (AvgIpc) is 2.50. The third-order valence-corrected chi connectivity index (χ3v) is 4.37. The summed E-state index contributed by atoms with van der Waals surface area (Å²) in [6.07, 6.45) is 3.18. The molecule has 3 nitrogen and oxygen atoms in total. The van der Waals surface area contributed by atoms with Gasteiger partial charge in [-0.3, -0.25) is 4.79 Å². The molecule has 0 aromatic heterocycles. The van der Waals surface area contributed by atoms with Gasteiger partial charge in [0.15, 0.2) is 0 Å². The van der Waals surface area contributed by atoms with Crippen LogP contribution in [0.1, 0.15) is 42.9 Å². The molecule has 21 heavy (non-hydrogen) atoms. The van der Waals surface area contributed by atoms with Gasteiger partial charge in [0.1, 0.15) is 5.82 Å². The molecule has 2 rings (SSSR count). The summed E-state index contributed by atoms with van der Waals surface area (Å²) in [5.74, 6) is 0.523. The van der Waals surface area contributed by atoms with Crippen molar-refractivity contribution in [2.75, 3.05) is 6.54 Å². The van der Waals surface area contributed by atoms with Gasteiger partial charge in [-0.05, 0) is 55.8 Å². The molecule has 1 aromatic rings. The molecule has 116 valence electrons. The van der Waals surface area contributed by atoms with Gasteiger partial charge in [0, 0.05) is 6.54 Å². The lowest BCUT2D eigenvalue weighted by Crippen LogP contribution is -2.48. The Labute approximate surface area is 126 Å². The molecule has 0 saturated carbocycles. The molecule has 1 aliphatic rings. The maximum atomic E-state index is 13.6. The van der Waals surface area contributed by atoms with Crippen LogP contribution in [0.25, 0.3) is 0 Å². The Morgan fingerprint density at radius 2 is 2.05 bits per heavy atom. The molecular weight excluding hydrogens is 267 g/mol. The number of rotatable bonds is 4. The smallest absolute Gasteiger partial charge is 0.237 e. The monoisotopic (exact) mass is 292 g/mol. The van der Waals surface area contributed by atoms with Crippen molar-refractivity contribution in [3.63, 3.8) is 0 Å². The maximum Gasteiger partial charge on any atom is 0.237 e. The van der Waals surface area contributed by atoms with Gasteiger partial charge in [-0.15, -0.1) is 0 Å². The highest BCUT2D eigenvalue weighted by atomic mass is 19.1. The average molecular weight is 292 g/mol. The second-order valence-corrected chi connectivity index (χ2v) is 6.07. The summed E-state index contributed by atoms with van der Waals surface area (Å²) < 4.78 is 13.6. The molecule has 2 unspecified atom stereocenters. The van der Waals surface area contributed by atoms with Crippen LogP contribution in [0, 0.1) is 25.6 Å². The summed E-state index contributed by atoms with van der Waals surface area (Å²) in [5, 5.41) is 6.24. The third kappa shape index (κ3) is 4.03. The molecule has 0 radical (unpaired) electrons. The Bertz CT molecular complexity index is 493. The fraction of sp³-hybridized carbons (Fsp3) is 0.588. The van der Waals surface area contributed by atoms with Crippen LogP contribution in [0.4, 0.5) is 4.39 Å². The van der Waals surface area contributed by atoms with Gasteiger partial charge >= 0.3 is 0 Å². The number of hydrogen-bond acceptors (Lipinski definition) is 2. The Morgan fingerprint density at radius 3 is 2.67 bits per heavy atom. The summed E-state index contributed by atoms with van der Waals surface area (Å²) in [4.78, 5) is 12.2. The van der Waals surface area contributed by atoms with Gasteiger partial charge in [-0.25, -0.2) is 4.39 Å². The van der Waals surface area contributed by atoms with Crippen LogP contribution in [0.15, 0.2) is 12.1 Å². The van der Waals surface area contributed by atoms with E-state index in [-0.39, 0.29) is 17.8 Å². The van der Waals surface area contributed by atoms with Crippen LogP contribution in [-0.4, -0.2) is 18.5 Å². The number of amides is 1. The number of carbonyl (C=O) groups is 1. The number of halogens is 1. The Hall–Kier alpha value is -1.42. The standard InChI is InChI=1S/C17H25FN2O/c1-4-13-5-6-19-15(9-13)17(21)20-10-14-7-11(2)16(18)12(3)8-14/h7-8,13,15,19H,4-6,9-10H2,1-3H3,(H,20,21). The summed E-state index contributed by atoms with van der Waals surface area (Å²) in [6, 6.07) is 3.50. The largest absolute Gasteiger partial charge is 0.351 e. The SMILES string of the molecule is CCC1CCNC(C(=O)NCc2cc(C)c(F)c(C)c2)C1. The normalized spacial score (nSPS) is 22.1. The summed E-state index contributed by atoms with van der Waals surface area (Å²) in [6.45, 7) is 7.04. The number of hydrogen-bond donors (Lipinski definition) is 2. The molecule has 1 aliphatic heterocycles. The molecule has 1 saturated heterocycles. The predicted octanol–water partition coefficient (Wildman–Crippen LogP) is 2.84. The molecular formula is C17H25FN2O. The zero-order valence-corrected chi connectivity index (χ0v) is 13.1. The lowest BCUT2D eigenvalue weighted by molar-refractivity contribution is -0.124. The van der Waals surface area contributed by atoms with E-state index in [0.29, 0.717) is 23.6 Å². The molecule has 2 atom stereocenters. The second kappa shape index (κ2) is 7.03. The van der Waals surface area contributed by atoms with Crippen LogP contribution in [0.5, 0.6) is 0 Å². The van der Waals surface area contributed by atoms with Crippen molar-refractivity contribution in [3.8, 4) is 0 Å². The Balaban J connectivity index is 1.92. The van der Waals surface area contributed by atoms with E-state index in [0.717, 1.165) is 31.4 Å². The fourth-order valence-corrected chi connectivity index (χ4v) is 3.02. The molecule has 4 heteroatoms. The molecule has 0 spiro atoms. The first-order chi connectivity index (χ1) is 10.0. The minimum Gasteiger partial charge on any atom is -0.351 e. The van der Waals surface area contributed by atoms with Crippen LogP contribution < -0.4 is 10.6 Å². The molecule has 1 heterocycles. The molecule has 0 bridgehead atoms. The number of piperidine rings is 1. The highest BCUT2D eigenvalue weighted by molar-refractivity contribution is 5.81. The van der Waals surface area contributed by atoms with Crippen molar-refractivity contribution in [2.45, 2.75) is 52.6 Å². The van der Waals surface area contributed by atoms with Crippen LogP contribution in [0.2, 0.25) is 0 Å². The van der Waals surface area contributed by atoms with Gasteiger partial charge in [0.2, 0.25) is 5.91 Å². The van der Waals surface area contributed by atoms with Crippen molar-refractivity contribution in [3.05, 3.63) is 34.6 Å². The Kier molecular flexibility index (Phi) is 5.34. The lowest BCUT2D eigenvalue weighted by atomic mass is 9.90. The third-order valence-electron chi connectivity index (χ3n) is 4.37. The summed E-state index contributed by atoms with van der Waals surface area (Å²) in [7, 11) is 0. The van der Waals surface area contributed by atoms with E-state index in [9.17, 15) is 9.18 Å². The van der Waals surface area contributed by atoms with Gasteiger partial charge in [-0.1, -0.05) is 25.5 Å². The zero-order chi connectivity index (χ0) is 15.4. The highest BCUT2D eigenvalue weighted by Crippen LogP contribution is 2.19. The summed E-state index contributed by atoms with van der Waals surface area (Å²) >= 11 is 0. The van der Waals surface area contributed by atoms with E-state index in [1.54, 1.807) is 26.0 Å². The minimum atomic E-state index is -0.162. The van der Waals surface area contributed by atoms with Crippen molar-refractivity contribution in [2.24, 2.45) is 5.92 Å². The number of nitrogens with one attached hydrogen (secondary N) is 2. The van der Waals surface area contributed by atoms with Crippen LogP contribution in [-0.2, 0) is 11.3 Å². The molecule has 1 aromatic carbocycles. The van der Waals surface area contributed by atoms with E-state index < -0.39 is 0 Å². The topological polar surface area (TPSA) is 41.1 Å². The first kappa shape index (κ1) is 16.0. The quantitative estimate of drug-likeness (QED) is 0.896. The van der Waals surface area contributed by atoms with Crippen molar-refractivity contribution in [1.82, 2.24) is 10.6 Å². The maximum absolute atomic E-state index is 13.6. The van der Waals surface area contributed by atoms with Crippen molar-refractivity contribution in [1.29, 1.82) is 0 Å². The second-order valence-electron chi connectivity index (χ2n) is 6.07. The van der Waals surface area contributed by atoms with E-state index in [4.69, 9.17) is 0 Å². The van der Waals surface area contributed by atoms with E-state index in [1.165, 1.54) is 0 Å². The van der Waals surface area contributed by atoms with Gasteiger partial charge < -0.3 is 10.6 Å². The molecule has 2 N–H and O–H groups in total. The number of benzene rings is 1. The van der Waals surface area contributed by atoms with Gasteiger partial charge in [0.05, 0.1) is 6.04 Å². The summed E-state index contributed by atoms with van der Waals surface area (Å²) in [5.41, 5.74) is 2.20. The molecule has 0 aliphatic carbocycles. The Morgan fingerprint density at radius 1 is 1.38 bits per heavy atom. The minimum absolute atomic E-state index is 0.0489. The van der Waals surface area contributed by atoms with Crippen LogP contribution in [0.3, 0.4) is 0 Å². The van der Waals surface area contributed by atoms with Crippen LogP contribution >= 0.6 is 0 Å². The van der Waals surface area contributed by atoms with E-state index in [1.807, 2.05) is 0 Å². The fourth-order valence-electron chi connectivity index (χ4n) is 3.02. The van der Waals surface area contributed by atoms with Crippen molar-refractivity contribution >= 4 is 5.91 Å². The number of carbonyl (C=O) groups excluding carboxylic acids is 1. The predicted molar refractivity (Wildman–Crippen MR) is 82.5 cm³/mol. The van der Waals surface area contributed by atoms with Crippen molar-refractivity contribution < 1.29 is 9.18 Å². The van der Waals surface area contributed by atoms with Gasteiger partial charge in [-0.2, -0.15) is 0 Å². The number of aryl methyl sites for hydroxylation is 2.